The number of furan rings is 1. The van der Waals surface area contributed by atoms with Crippen LogP contribution in [0.1, 0.15) is 0 Å². The summed E-state index contributed by atoms with van der Waals surface area (Å²) in [5, 5.41) is 7.90. The number of benzene rings is 8. The molecule has 0 amide bonds. The van der Waals surface area contributed by atoms with Crippen molar-refractivity contribution in [2.45, 2.75) is 0 Å². The summed E-state index contributed by atoms with van der Waals surface area (Å²) >= 11 is 0. The molecule has 11 aromatic rings. The van der Waals surface area contributed by atoms with Crippen LogP contribution in [0.15, 0.2) is 180 Å². The van der Waals surface area contributed by atoms with Crippen LogP contribution in [0.25, 0.3) is 105 Å². The summed E-state index contributed by atoms with van der Waals surface area (Å²) in [6.07, 6.45) is 0. The number of fused-ring (bicyclic) bond motifs is 9. The molecule has 0 aliphatic carbocycles. The van der Waals surface area contributed by atoms with Gasteiger partial charge in [0.25, 0.3) is 0 Å². The number of nitrogens with zero attached hydrogens (tertiary/aromatic N) is 3. The Labute approximate surface area is 298 Å². The fraction of sp³-hybridized carbons (Fsp3) is 0. The smallest absolute Gasteiger partial charge is 0.160 e. The Hall–Kier alpha value is -7.04. The van der Waals surface area contributed by atoms with Crippen LogP contribution in [0.4, 0.5) is 0 Å². The number of rotatable bonds is 4. The van der Waals surface area contributed by atoms with Crippen LogP contribution in [-0.4, -0.2) is 14.5 Å². The van der Waals surface area contributed by atoms with Gasteiger partial charge >= 0.3 is 0 Å². The summed E-state index contributed by atoms with van der Waals surface area (Å²) in [6.45, 7) is 0. The first-order chi connectivity index (χ1) is 25.8. The maximum absolute atomic E-state index is 6.60. The Morgan fingerprint density at radius 2 is 1.08 bits per heavy atom. The van der Waals surface area contributed by atoms with Crippen LogP contribution in [0.3, 0.4) is 0 Å². The molecule has 3 aromatic heterocycles. The molecule has 0 fully saturated rings. The molecular formula is C48H29N3O. The highest BCUT2D eigenvalue weighted by Gasteiger charge is 2.19. The molecule has 0 radical (unpaired) electrons. The molecule has 0 bridgehead atoms. The second kappa shape index (κ2) is 11.2. The van der Waals surface area contributed by atoms with E-state index >= 15 is 0 Å². The number of aromatic nitrogens is 3. The quantitative estimate of drug-likeness (QED) is 0.176. The topological polar surface area (TPSA) is 43.9 Å². The molecule has 11 rings (SSSR count). The van der Waals surface area contributed by atoms with E-state index in [2.05, 4.69) is 162 Å². The zero-order chi connectivity index (χ0) is 34.2. The summed E-state index contributed by atoms with van der Waals surface area (Å²) in [4.78, 5) is 10.8. The highest BCUT2D eigenvalue weighted by Crippen LogP contribution is 2.41. The van der Waals surface area contributed by atoms with Crippen molar-refractivity contribution in [1.82, 2.24) is 14.5 Å². The third-order valence-electron chi connectivity index (χ3n) is 10.4. The van der Waals surface area contributed by atoms with Gasteiger partial charge in [0.15, 0.2) is 5.82 Å². The average Bonchev–Trinajstić information content (AvgIpc) is 3.77. The Bertz CT molecular complexity index is 3140. The van der Waals surface area contributed by atoms with Gasteiger partial charge in [0, 0.05) is 54.7 Å². The van der Waals surface area contributed by atoms with Crippen molar-refractivity contribution >= 4 is 65.4 Å². The first-order valence-electron chi connectivity index (χ1n) is 17.6. The molecule has 0 saturated carbocycles. The van der Waals surface area contributed by atoms with E-state index < -0.39 is 0 Å². The maximum atomic E-state index is 6.60. The van der Waals surface area contributed by atoms with Crippen LogP contribution in [0.2, 0.25) is 0 Å². The molecule has 0 saturated heterocycles. The van der Waals surface area contributed by atoms with Gasteiger partial charge < -0.3 is 8.98 Å². The minimum absolute atomic E-state index is 0.670. The van der Waals surface area contributed by atoms with Crippen LogP contribution >= 0.6 is 0 Å². The van der Waals surface area contributed by atoms with Gasteiger partial charge in [-0.05, 0) is 53.4 Å². The van der Waals surface area contributed by atoms with E-state index in [1.165, 1.54) is 10.8 Å². The summed E-state index contributed by atoms with van der Waals surface area (Å²) in [5.74, 6) is 0.670. The van der Waals surface area contributed by atoms with Gasteiger partial charge in [-0.25, -0.2) is 9.97 Å². The maximum Gasteiger partial charge on any atom is 0.160 e. The van der Waals surface area contributed by atoms with Crippen LogP contribution in [-0.2, 0) is 0 Å². The van der Waals surface area contributed by atoms with Gasteiger partial charge in [-0.2, -0.15) is 0 Å². The molecule has 242 valence electrons. The van der Waals surface area contributed by atoms with Gasteiger partial charge in [0.1, 0.15) is 11.2 Å². The van der Waals surface area contributed by atoms with Crippen molar-refractivity contribution in [3.8, 4) is 39.5 Å². The molecular weight excluding hydrogens is 635 g/mol. The summed E-state index contributed by atoms with van der Waals surface area (Å²) < 4.78 is 8.97. The van der Waals surface area contributed by atoms with Crippen molar-refractivity contribution in [3.63, 3.8) is 0 Å². The van der Waals surface area contributed by atoms with Gasteiger partial charge in [-0.1, -0.05) is 133 Å². The van der Waals surface area contributed by atoms with E-state index in [1.807, 2.05) is 18.2 Å². The molecule has 0 spiro atoms. The molecule has 4 heteroatoms. The fourth-order valence-electron chi connectivity index (χ4n) is 8.01. The van der Waals surface area contributed by atoms with Crippen molar-refractivity contribution in [1.29, 1.82) is 0 Å². The lowest BCUT2D eigenvalue weighted by atomic mass is 9.98. The molecule has 8 aromatic carbocycles. The predicted molar refractivity (Wildman–Crippen MR) is 215 cm³/mol. The normalized spacial score (nSPS) is 11.8. The third-order valence-corrected chi connectivity index (χ3v) is 10.4. The fourth-order valence-corrected chi connectivity index (χ4v) is 8.01. The highest BCUT2D eigenvalue weighted by molar-refractivity contribution is 6.12. The number of para-hydroxylation sites is 4. The second-order valence-electron chi connectivity index (χ2n) is 13.4. The Morgan fingerprint density at radius 3 is 1.88 bits per heavy atom. The standard InChI is InChI=1S/C48H29N3O/c1-2-14-31(15-3-1)45-41-26-25-30-13-4-5-16-35(30)46(41)50-48(49-45)33-27-32(36-20-12-21-40-39-19-8-11-24-44(39)52-47(36)40)28-34(29-33)51-42-22-9-6-17-37(42)38-18-7-10-23-43(38)51/h1-29H. The molecule has 52 heavy (non-hydrogen) atoms. The number of hydrogen-bond acceptors (Lipinski definition) is 3. The molecule has 0 atom stereocenters. The van der Waals surface area contributed by atoms with Crippen LogP contribution < -0.4 is 0 Å². The van der Waals surface area contributed by atoms with Crippen LogP contribution in [0, 0.1) is 0 Å². The van der Waals surface area contributed by atoms with E-state index in [1.54, 1.807) is 0 Å². The van der Waals surface area contributed by atoms with E-state index in [0.717, 1.165) is 88.3 Å². The molecule has 0 aliphatic rings. The zero-order valence-corrected chi connectivity index (χ0v) is 28.0. The lowest BCUT2D eigenvalue weighted by Gasteiger charge is -2.15. The van der Waals surface area contributed by atoms with E-state index in [9.17, 15) is 0 Å². The van der Waals surface area contributed by atoms with E-state index in [-0.39, 0.29) is 0 Å². The van der Waals surface area contributed by atoms with Crippen molar-refractivity contribution in [3.05, 3.63) is 176 Å². The lowest BCUT2D eigenvalue weighted by Crippen LogP contribution is -1.99. The molecule has 3 heterocycles. The SMILES string of the molecule is c1ccc(-c2nc(-c3cc(-c4cccc5c4oc4ccccc45)cc(-n4c5ccccc5c5ccccc54)c3)nc3c2ccc2ccccc23)cc1. The van der Waals surface area contributed by atoms with Gasteiger partial charge in [-0.15, -0.1) is 0 Å². The summed E-state index contributed by atoms with van der Waals surface area (Å²) in [6, 6.07) is 61.9. The molecule has 0 N–H and O–H groups in total. The van der Waals surface area contributed by atoms with Gasteiger partial charge in [0.2, 0.25) is 0 Å². The van der Waals surface area contributed by atoms with Crippen molar-refractivity contribution in [2.75, 3.05) is 0 Å². The van der Waals surface area contributed by atoms with E-state index in [4.69, 9.17) is 14.4 Å². The van der Waals surface area contributed by atoms with Crippen molar-refractivity contribution in [2.24, 2.45) is 0 Å². The van der Waals surface area contributed by atoms with E-state index in [0.29, 0.717) is 5.82 Å². The minimum atomic E-state index is 0.670. The second-order valence-corrected chi connectivity index (χ2v) is 13.4. The Morgan fingerprint density at radius 1 is 0.423 bits per heavy atom. The molecule has 0 unspecified atom stereocenters. The summed E-state index contributed by atoms with van der Waals surface area (Å²) in [7, 11) is 0. The number of hydrogen-bond donors (Lipinski definition) is 0. The third kappa shape index (κ3) is 4.34. The minimum Gasteiger partial charge on any atom is -0.455 e. The van der Waals surface area contributed by atoms with Crippen molar-refractivity contribution < 1.29 is 4.42 Å². The highest BCUT2D eigenvalue weighted by atomic mass is 16.3. The predicted octanol–water partition coefficient (Wildman–Crippen LogP) is 12.8. The first-order valence-corrected chi connectivity index (χ1v) is 17.6. The van der Waals surface area contributed by atoms with Gasteiger partial charge in [-0.3, -0.25) is 0 Å². The molecule has 0 aliphatic heterocycles. The summed E-state index contributed by atoms with van der Waals surface area (Å²) in [5.41, 5.74) is 10.9. The Kier molecular flexibility index (Phi) is 6.22. The van der Waals surface area contributed by atoms with Gasteiger partial charge in [0.05, 0.1) is 22.2 Å². The average molecular weight is 664 g/mol. The Balaban J connectivity index is 1.26. The first kappa shape index (κ1) is 28.8. The lowest BCUT2D eigenvalue weighted by molar-refractivity contribution is 0.670. The molecule has 4 nitrogen and oxygen atoms in total. The van der Waals surface area contributed by atoms with Crippen LogP contribution in [0.5, 0.6) is 0 Å². The largest absolute Gasteiger partial charge is 0.455 e. The zero-order valence-electron chi connectivity index (χ0n) is 28.0. The monoisotopic (exact) mass is 663 g/mol.